The Morgan fingerprint density at radius 1 is 1.22 bits per heavy atom. The second-order valence-corrected chi connectivity index (χ2v) is 4.63. The van der Waals surface area contributed by atoms with E-state index in [1.807, 2.05) is 12.1 Å². The Morgan fingerprint density at radius 2 is 2.11 bits per heavy atom. The van der Waals surface area contributed by atoms with Crippen LogP contribution in [0.25, 0.3) is 11.2 Å². The molecule has 2 N–H and O–H groups in total. The van der Waals surface area contributed by atoms with Crippen molar-refractivity contribution in [2.45, 2.75) is 25.4 Å². The van der Waals surface area contributed by atoms with Gasteiger partial charge in [-0.25, -0.2) is 4.98 Å². The Balaban J connectivity index is 1.82. The summed E-state index contributed by atoms with van der Waals surface area (Å²) < 4.78 is 5.93. The topological polar surface area (TPSA) is 73.9 Å². The third kappa shape index (κ3) is 2.13. The smallest absolute Gasteiger partial charge is 0.215 e. The maximum atomic E-state index is 5.93. The molecule has 18 heavy (non-hydrogen) atoms. The first kappa shape index (κ1) is 11.3. The number of aromatic nitrogens is 3. The minimum atomic E-state index is 0.191. The Morgan fingerprint density at radius 3 is 3.00 bits per heavy atom. The molecule has 1 saturated carbocycles. The zero-order valence-corrected chi connectivity index (χ0v) is 10.1. The van der Waals surface area contributed by atoms with E-state index in [0.29, 0.717) is 24.0 Å². The maximum absolute atomic E-state index is 5.93. The highest BCUT2D eigenvalue weighted by molar-refractivity contribution is 5.69. The molecule has 2 unspecified atom stereocenters. The third-order valence-corrected chi connectivity index (χ3v) is 3.47. The fourth-order valence-corrected chi connectivity index (χ4v) is 2.49. The van der Waals surface area contributed by atoms with Crippen molar-refractivity contribution in [1.29, 1.82) is 0 Å². The largest absolute Gasteiger partial charge is 0.474 e. The molecule has 1 aliphatic carbocycles. The van der Waals surface area contributed by atoms with Crippen molar-refractivity contribution in [2.75, 3.05) is 6.54 Å². The van der Waals surface area contributed by atoms with E-state index in [9.17, 15) is 0 Å². The molecule has 5 heteroatoms. The van der Waals surface area contributed by atoms with Crippen LogP contribution in [-0.4, -0.2) is 27.6 Å². The second-order valence-electron chi connectivity index (χ2n) is 4.63. The first-order valence-corrected chi connectivity index (χ1v) is 6.31. The van der Waals surface area contributed by atoms with Gasteiger partial charge in [0.1, 0.15) is 11.6 Å². The Bertz CT molecular complexity index is 545. The number of nitrogens with two attached hydrogens (primary N) is 1. The number of hydrogen-bond donors (Lipinski definition) is 1. The second kappa shape index (κ2) is 4.86. The Kier molecular flexibility index (Phi) is 3.06. The van der Waals surface area contributed by atoms with Gasteiger partial charge in [-0.05, 0) is 31.9 Å². The number of pyridine rings is 1. The molecule has 5 nitrogen and oxygen atoms in total. The predicted molar refractivity (Wildman–Crippen MR) is 68.1 cm³/mol. The summed E-state index contributed by atoms with van der Waals surface area (Å²) in [4.78, 5) is 12.7. The number of ether oxygens (including phenoxy) is 1. The number of hydrogen-bond acceptors (Lipinski definition) is 5. The zero-order chi connectivity index (χ0) is 12.4. The van der Waals surface area contributed by atoms with Crippen LogP contribution in [-0.2, 0) is 0 Å². The quantitative estimate of drug-likeness (QED) is 0.886. The van der Waals surface area contributed by atoms with Gasteiger partial charge in [-0.1, -0.05) is 0 Å². The van der Waals surface area contributed by atoms with Crippen molar-refractivity contribution in [1.82, 2.24) is 15.0 Å². The molecule has 0 aromatic carbocycles. The van der Waals surface area contributed by atoms with Gasteiger partial charge in [0, 0.05) is 24.4 Å². The molecule has 0 bridgehead atoms. The molecule has 2 aromatic rings. The molecule has 2 aromatic heterocycles. The van der Waals surface area contributed by atoms with E-state index in [0.717, 1.165) is 18.4 Å². The summed E-state index contributed by atoms with van der Waals surface area (Å²) in [6.45, 7) is 0.679. The first-order valence-electron chi connectivity index (χ1n) is 6.31. The Hall–Kier alpha value is -1.75. The van der Waals surface area contributed by atoms with Crippen molar-refractivity contribution < 1.29 is 4.74 Å². The van der Waals surface area contributed by atoms with Crippen LogP contribution in [0.4, 0.5) is 0 Å². The molecule has 2 atom stereocenters. The van der Waals surface area contributed by atoms with Gasteiger partial charge in [-0.15, -0.1) is 0 Å². The molecular formula is C13H16N4O. The third-order valence-electron chi connectivity index (χ3n) is 3.47. The molecule has 0 aliphatic heterocycles. The highest BCUT2D eigenvalue weighted by Gasteiger charge is 2.28. The van der Waals surface area contributed by atoms with E-state index in [4.69, 9.17) is 10.5 Å². The van der Waals surface area contributed by atoms with Gasteiger partial charge in [0.15, 0.2) is 5.65 Å². The van der Waals surface area contributed by atoms with Gasteiger partial charge in [-0.3, -0.25) is 4.98 Å². The minimum absolute atomic E-state index is 0.191. The van der Waals surface area contributed by atoms with Crippen LogP contribution in [0.5, 0.6) is 5.88 Å². The normalized spacial score (nSPS) is 23.4. The van der Waals surface area contributed by atoms with Crippen molar-refractivity contribution in [3.8, 4) is 5.88 Å². The number of nitrogens with zero attached hydrogens (tertiary/aromatic N) is 3. The van der Waals surface area contributed by atoms with Crippen LogP contribution in [0, 0.1) is 5.92 Å². The van der Waals surface area contributed by atoms with Gasteiger partial charge in [0.25, 0.3) is 0 Å². The minimum Gasteiger partial charge on any atom is -0.474 e. The summed E-state index contributed by atoms with van der Waals surface area (Å²) >= 11 is 0. The lowest BCUT2D eigenvalue weighted by atomic mass is 10.1. The monoisotopic (exact) mass is 244 g/mol. The summed E-state index contributed by atoms with van der Waals surface area (Å²) in [5, 5.41) is 0. The summed E-state index contributed by atoms with van der Waals surface area (Å²) in [7, 11) is 0. The molecule has 1 aliphatic rings. The van der Waals surface area contributed by atoms with E-state index in [2.05, 4.69) is 15.0 Å². The lowest BCUT2D eigenvalue weighted by Crippen LogP contribution is -2.27. The van der Waals surface area contributed by atoms with Gasteiger partial charge in [0.2, 0.25) is 5.88 Å². The van der Waals surface area contributed by atoms with Crippen LogP contribution in [0.3, 0.4) is 0 Å². The molecule has 94 valence electrons. The summed E-state index contributed by atoms with van der Waals surface area (Å²) in [6, 6.07) is 3.74. The molecule has 0 saturated heterocycles. The zero-order valence-electron chi connectivity index (χ0n) is 10.1. The van der Waals surface area contributed by atoms with E-state index in [1.165, 1.54) is 6.42 Å². The summed E-state index contributed by atoms with van der Waals surface area (Å²) in [5.74, 6) is 1.07. The lowest BCUT2D eigenvalue weighted by molar-refractivity contribution is 0.156. The van der Waals surface area contributed by atoms with Gasteiger partial charge in [-0.2, -0.15) is 4.98 Å². The van der Waals surface area contributed by atoms with Gasteiger partial charge in [0.05, 0.1) is 0 Å². The van der Waals surface area contributed by atoms with E-state index >= 15 is 0 Å². The van der Waals surface area contributed by atoms with Crippen LogP contribution in [0.1, 0.15) is 19.3 Å². The molecule has 3 rings (SSSR count). The van der Waals surface area contributed by atoms with Crippen LogP contribution in [0.2, 0.25) is 0 Å². The highest BCUT2D eigenvalue weighted by Crippen LogP contribution is 2.28. The maximum Gasteiger partial charge on any atom is 0.215 e. The molecule has 0 radical (unpaired) electrons. The van der Waals surface area contributed by atoms with Gasteiger partial charge < -0.3 is 10.5 Å². The van der Waals surface area contributed by atoms with Crippen molar-refractivity contribution in [2.24, 2.45) is 11.7 Å². The van der Waals surface area contributed by atoms with E-state index in [1.54, 1.807) is 12.4 Å². The van der Waals surface area contributed by atoms with Crippen LogP contribution in [0.15, 0.2) is 24.5 Å². The number of rotatable bonds is 3. The molecule has 0 spiro atoms. The standard InChI is InChI=1S/C13H16N4O/c14-8-9-2-1-3-11(9)18-12-5-4-10-13(17-12)16-7-6-15-10/h4-7,9,11H,1-3,8,14H2. The molecule has 0 amide bonds. The SMILES string of the molecule is NCC1CCCC1Oc1ccc2nccnc2n1. The van der Waals surface area contributed by atoms with Gasteiger partial charge >= 0.3 is 0 Å². The Labute approximate surface area is 105 Å². The summed E-state index contributed by atoms with van der Waals surface area (Å²) in [6.07, 6.45) is 6.87. The molecular weight excluding hydrogens is 228 g/mol. The van der Waals surface area contributed by atoms with E-state index in [-0.39, 0.29) is 6.10 Å². The van der Waals surface area contributed by atoms with Crippen molar-refractivity contribution >= 4 is 11.2 Å². The molecule has 1 fully saturated rings. The van der Waals surface area contributed by atoms with Crippen molar-refractivity contribution in [3.05, 3.63) is 24.5 Å². The van der Waals surface area contributed by atoms with Crippen LogP contribution >= 0.6 is 0 Å². The van der Waals surface area contributed by atoms with E-state index < -0.39 is 0 Å². The molecule has 2 heterocycles. The first-order chi connectivity index (χ1) is 8.86. The highest BCUT2D eigenvalue weighted by atomic mass is 16.5. The van der Waals surface area contributed by atoms with Crippen molar-refractivity contribution in [3.63, 3.8) is 0 Å². The number of fused-ring (bicyclic) bond motifs is 1. The summed E-state index contributed by atoms with van der Waals surface area (Å²) in [5.41, 5.74) is 7.15. The fraction of sp³-hybridized carbons (Fsp3) is 0.462. The average molecular weight is 244 g/mol. The average Bonchev–Trinajstić information content (AvgIpc) is 2.86. The predicted octanol–water partition coefficient (Wildman–Crippen LogP) is 1.53. The fourth-order valence-electron chi connectivity index (χ4n) is 2.49. The van der Waals surface area contributed by atoms with Crippen LogP contribution < -0.4 is 10.5 Å². The lowest BCUT2D eigenvalue weighted by Gasteiger charge is -2.19.